The second kappa shape index (κ2) is 8.65. The van der Waals surface area contributed by atoms with Gasteiger partial charge in [0.1, 0.15) is 11.5 Å². The average molecular weight is 383 g/mol. The van der Waals surface area contributed by atoms with E-state index in [9.17, 15) is 9.59 Å². The van der Waals surface area contributed by atoms with Gasteiger partial charge in [-0.05, 0) is 19.1 Å². The Hall–Kier alpha value is -3.22. The Kier molecular flexibility index (Phi) is 6.03. The van der Waals surface area contributed by atoms with Crippen molar-refractivity contribution in [3.05, 3.63) is 48.0 Å². The molecule has 0 aliphatic carbocycles. The molecule has 2 N–H and O–H groups in total. The lowest BCUT2D eigenvalue weighted by Gasteiger charge is -2.17. The number of methoxy groups -OCH3 is 2. The minimum atomic E-state index is -0.337. The lowest BCUT2D eigenvalue weighted by molar-refractivity contribution is -0.117. The van der Waals surface area contributed by atoms with Crippen LogP contribution in [0, 0.1) is 12.8 Å². The van der Waals surface area contributed by atoms with Crippen LogP contribution < -0.4 is 25.0 Å². The van der Waals surface area contributed by atoms with Crippen LogP contribution in [-0.4, -0.2) is 39.2 Å². The summed E-state index contributed by atoms with van der Waals surface area (Å²) < 4.78 is 10.4. The van der Waals surface area contributed by atoms with E-state index in [-0.39, 0.29) is 17.9 Å². The van der Waals surface area contributed by atoms with Gasteiger partial charge in [0.15, 0.2) is 0 Å². The first-order valence-electron chi connectivity index (χ1n) is 9.13. The molecule has 2 aromatic rings. The molecule has 0 radical (unpaired) electrons. The third-order valence-corrected chi connectivity index (χ3v) is 4.71. The maximum Gasteiger partial charge on any atom is 0.319 e. The fraction of sp³-hybridized carbons (Fsp3) is 0.333. The molecule has 7 heteroatoms. The van der Waals surface area contributed by atoms with Crippen LogP contribution in [0.5, 0.6) is 11.5 Å². The van der Waals surface area contributed by atoms with Crippen LogP contribution >= 0.6 is 0 Å². The number of urea groups is 1. The van der Waals surface area contributed by atoms with Crippen molar-refractivity contribution in [2.75, 3.05) is 37.5 Å². The number of amides is 3. The molecule has 1 aliphatic heterocycles. The Morgan fingerprint density at radius 3 is 2.36 bits per heavy atom. The number of aryl methyl sites for hydroxylation is 1. The first-order chi connectivity index (χ1) is 13.5. The smallest absolute Gasteiger partial charge is 0.319 e. The van der Waals surface area contributed by atoms with Crippen LogP contribution in [0.15, 0.2) is 42.5 Å². The highest BCUT2D eigenvalue weighted by atomic mass is 16.5. The Morgan fingerprint density at radius 1 is 1.11 bits per heavy atom. The molecular weight excluding hydrogens is 358 g/mol. The molecule has 1 heterocycles. The van der Waals surface area contributed by atoms with E-state index in [1.54, 1.807) is 37.3 Å². The molecule has 0 aromatic heterocycles. The summed E-state index contributed by atoms with van der Waals surface area (Å²) in [6.45, 7) is 3.02. The van der Waals surface area contributed by atoms with Crippen LogP contribution in [0.3, 0.4) is 0 Å². The molecule has 3 amide bonds. The molecule has 28 heavy (non-hydrogen) atoms. The Balaban J connectivity index is 1.54. The number of benzene rings is 2. The summed E-state index contributed by atoms with van der Waals surface area (Å²) in [5.41, 5.74) is 2.61. The molecule has 3 rings (SSSR count). The number of nitrogens with zero attached hydrogens (tertiary/aromatic N) is 1. The van der Waals surface area contributed by atoms with Gasteiger partial charge in [0.05, 0.1) is 14.2 Å². The first kappa shape index (κ1) is 19.5. The van der Waals surface area contributed by atoms with Crippen molar-refractivity contribution in [3.8, 4) is 11.5 Å². The van der Waals surface area contributed by atoms with Gasteiger partial charge in [-0.1, -0.05) is 17.7 Å². The van der Waals surface area contributed by atoms with Crippen molar-refractivity contribution in [1.29, 1.82) is 0 Å². The van der Waals surface area contributed by atoms with Gasteiger partial charge in [0.25, 0.3) is 0 Å². The molecule has 0 bridgehead atoms. The molecular formula is C21H25N3O4. The summed E-state index contributed by atoms with van der Waals surface area (Å²) in [6, 6.07) is 12.7. The van der Waals surface area contributed by atoms with Gasteiger partial charge in [-0.2, -0.15) is 0 Å². The third-order valence-electron chi connectivity index (χ3n) is 4.71. The molecule has 0 saturated carbocycles. The van der Waals surface area contributed by atoms with Crippen LogP contribution in [0.1, 0.15) is 12.0 Å². The van der Waals surface area contributed by atoms with E-state index in [0.717, 1.165) is 11.3 Å². The summed E-state index contributed by atoms with van der Waals surface area (Å²) in [5, 5.41) is 5.61. The van der Waals surface area contributed by atoms with Gasteiger partial charge >= 0.3 is 6.03 Å². The van der Waals surface area contributed by atoms with Crippen molar-refractivity contribution in [3.63, 3.8) is 0 Å². The summed E-state index contributed by atoms with van der Waals surface area (Å²) in [7, 11) is 3.10. The van der Waals surface area contributed by atoms with E-state index in [0.29, 0.717) is 36.7 Å². The first-order valence-corrected chi connectivity index (χ1v) is 9.13. The monoisotopic (exact) mass is 383 g/mol. The predicted molar refractivity (Wildman–Crippen MR) is 108 cm³/mol. The second-order valence-corrected chi connectivity index (χ2v) is 6.85. The quantitative estimate of drug-likeness (QED) is 0.803. The average Bonchev–Trinajstić information content (AvgIpc) is 3.07. The molecule has 2 aromatic carbocycles. The van der Waals surface area contributed by atoms with Gasteiger partial charge < -0.3 is 25.0 Å². The molecule has 1 atom stereocenters. The lowest BCUT2D eigenvalue weighted by Crippen LogP contribution is -2.34. The zero-order valence-corrected chi connectivity index (χ0v) is 16.3. The third kappa shape index (κ3) is 4.73. The number of carbonyl (C=O) groups is 2. The van der Waals surface area contributed by atoms with Crippen LogP contribution in [0.2, 0.25) is 0 Å². The minimum Gasteiger partial charge on any atom is -0.497 e. The van der Waals surface area contributed by atoms with Gasteiger partial charge in [-0.3, -0.25) is 4.79 Å². The topological polar surface area (TPSA) is 79.9 Å². The number of rotatable bonds is 6. The van der Waals surface area contributed by atoms with E-state index in [1.807, 2.05) is 31.2 Å². The fourth-order valence-corrected chi connectivity index (χ4v) is 3.18. The lowest BCUT2D eigenvalue weighted by atomic mass is 10.1. The SMILES string of the molecule is COc1cc(NC(=O)NC[C@@H]2CC(=O)N(c3ccc(C)cc3)C2)cc(OC)c1. The number of nitrogens with one attached hydrogen (secondary N) is 2. The fourth-order valence-electron chi connectivity index (χ4n) is 3.18. The molecule has 0 unspecified atom stereocenters. The highest BCUT2D eigenvalue weighted by molar-refractivity contribution is 5.96. The second-order valence-electron chi connectivity index (χ2n) is 6.85. The van der Waals surface area contributed by atoms with E-state index < -0.39 is 0 Å². The van der Waals surface area contributed by atoms with E-state index in [1.165, 1.54) is 0 Å². The van der Waals surface area contributed by atoms with Crippen molar-refractivity contribution in [1.82, 2.24) is 5.32 Å². The maximum atomic E-state index is 12.3. The zero-order valence-electron chi connectivity index (χ0n) is 16.3. The number of ether oxygens (including phenoxy) is 2. The highest BCUT2D eigenvalue weighted by Crippen LogP contribution is 2.26. The van der Waals surface area contributed by atoms with E-state index in [4.69, 9.17) is 9.47 Å². The molecule has 1 fully saturated rings. The van der Waals surface area contributed by atoms with Crippen molar-refractivity contribution in [2.45, 2.75) is 13.3 Å². The standard InChI is InChI=1S/C21H25N3O4/c1-14-4-6-17(7-5-14)24-13-15(8-20(24)25)12-22-21(26)23-16-9-18(27-2)11-19(10-16)28-3/h4-7,9-11,15H,8,12-13H2,1-3H3,(H2,22,23,26)/t15-/m0/s1. The largest absolute Gasteiger partial charge is 0.497 e. The maximum absolute atomic E-state index is 12.3. The van der Waals surface area contributed by atoms with Gasteiger partial charge in [0.2, 0.25) is 5.91 Å². The van der Waals surface area contributed by atoms with Gasteiger partial charge in [-0.25, -0.2) is 4.79 Å². The number of hydrogen-bond donors (Lipinski definition) is 2. The highest BCUT2D eigenvalue weighted by Gasteiger charge is 2.30. The summed E-state index contributed by atoms with van der Waals surface area (Å²) in [6.07, 6.45) is 0.418. The van der Waals surface area contributed by atoms with E-state index >= 15 is 0 Å². The predicted octanol–water partition coefficient (Wildman–Crippen LogP) is 3.19. The summed E-state index contributed by atoms with van der Waals surface area (Å²) >= 11 is 0. The van der Waals surface area contributed by atoms with Crippen molar-refractivity contribution >= 4 is 23.3 Å². The summed E-state index contributed by atoms with van der Waals surface area (Å²) in [5.74, 6) is 1.32. The molecule has 7 nitrogen and oxygen atoms in total. The van der Waals surface area contributed by atoms with Crippen LogP contribution in [0.25, 0.3) is 0 Å². The number of hydrogen-bond acceptors (Lipinski definition) is 4. The molecule has 0 spiro atoms. The number of carbonyl (C=O) groups excluding carboxylic acids is 2. The zero-order chi connectivity index (χ0) is 20.1. The van der Waals surface area contributed by atoms with Crippen LogP contribution in [-0.2, 0) is 4.79 Å². The Bertz CT molecular complexity index is 829. The van der Waals surface area contributed by atoms with Gasteiger partial charge in [-0.15, -0.1) is 0 Å². The molecule has 1 saturated heterocycles. The Labute approximate surface area is 164 Å². The van der Waals surface area contributed by atoms with E-state index in [2.05, 4.69) is 10.6 Å². The molecule has 1 aliphatic rings. The minimum absolute atomic E-state index is 0.0689. The van der Waals surface area contributed by atoms with Crippen LogP contribution in [0.4, 0.5) is 16.2 Å². The van der Waals surface area contributed by atoms with Gasteiger partial charge in [0, 0.05) is 55.0 Å². The molecule has 148 valence electrons. The summed E-state index contributed by atoms with van der Waals surface area (Å²) in [4.78, 5) is 26.3. The van der Waals surface area contributed by atoms with Crippen molar-refractivity contribution in [2.24, 2.45) is 5.92 Å². The normalized spacial score (nSPS) is 16.0. The Morgan fingerprint density at radius 2 is 1.75 bits per heavy atom. The number of anilines is 2. The van der Waals surface area contributed by atoms with Crippen molar-refractivity contribution < 1.29 is 19.1 Å².